The Balaban J connectivity index is 2.03. The van der Waals surface area contributed by atoms with Crippen LogP contribution in [0.2, 0.25) is 0 Å². The van der Waals surface area contributed by atoms with Crippen molar-refractivity contribution < 1.29 is 4.79 Å². The fourth-order valence-corrected chi connectivity index (χ4v) is 2.17. The average Bonchev–Trinajstić information content (AvgIpc) is 2.27. The van der Waals surface area contributed by atoms with Crippen LogP contribution < -0.4 is 0 Å². The first kappa shape index (κ1) is 11.3. The van der Waals surface area contributed by atoms with Crippen molar-refractivity contribution in [3.05, 3.63) is 34.9 Å². The van der Waals surface area contributed by atoms with Crippen LogP contribution in [0.4, 0.5) is 0 Å². The molecule has 1 fully saturated rings. The molecule has 0 aromatic heterocycles. The van der Waals surface area contributed by atoms with Crippen molar-refractivity contribution in [3.63, 3.8) is 0 Å². The first-order valence-corrected chi connectivity index (χ1v) is 5.95. The van der Waals surface area contributed by atoms with Gasteiger partial charge in [-0.15, -0.1) is 0 Å². The quantitative estimate of drug-likeness (QED) is 0.758. The molecule has 1 aromatic rings. The molecular formula is C14H19NO. The molecule has 86 valence electrons. The molecule has 0 amide bonds. The van der Waals surface area contributed by atoms with Crippen LogP contribution in [-0.4, -0.2) is 23.8 Å². The Morgan fingerprint density at radius 1 is 1.19 bits per heavy atom. The number of aryl methyl sites for hydroxylation is 2. The number of rotatable bonds is 2. The Labute approximate surface area is 97.3 Å². The van der Waals surface area contributed by atoms with Gasteiger partial charge in [-0.05, 0) is 25.0 Å². The molecule has 0 saturated carbocycles. The summed E-state index contributed by atoms with van der Waals surface area (Å²) in [5, 5.41) is 0. The first-order chi connectivity index (χ1) is 7.65. The second kappa shape index (κ2) is 4.79. The van der Waals surface area contributed by atoms with Crippen LogP contribution in [0.5, 0.6) is 0 Å². The van der Waals surface area contributed by atoms with E-state index in [4.69, 9.17) is 0 Å². The maximum Gasteiger partial charge on any atom is 0.135 e. The average molecular weight is 217 g/mol. The van der Waals surface area contributed by atoms with Gasteiger partial charge in [0.1, 0.15) is 5.78 Å². The van der Waals surface area contributed by atoms with Gasteiger partial charge in [0.15, 0.2) is 0 Å². The maximum absolute atomic E-state index is 11.2. The van der Waals surface area contributed by atoms with E-state index in [0.717, 1.165) is 32.5 Å². The summed E-state index contributed by atoms with van der Waals surface area (Å²) in [4.78, 5) is 13.5. The first-order valence-electron chi connectivity index (χ1n) is 5.95. The fraction of sp³-hybridized carbons (Fsp3) is 0.500. The second-order valence-corrected chi connectivity index (χ2v) is 4.74. The number of piperidine rings is 1. The van der Waals surface area contributed by atoms with Crippen LogP contribution in [0.3, 0.4) is 0 Å². The van der Waals surface area contributed by atoms with E-state index in [9.17, 15) is 4.79 Å². The van der Waals surface area contributed by atoms with Gasteiger partial charge in [-0.3, -0.25) is 9.69 Å². The molecule has 1 aromatic carbocycles. The number of carbonyl (C=O) groups is 1. The van der Waals surface area contributed by atoms with Crippen LogP contribution in [0, 0.1) is 13.8 Å². The molecule has 16 heavy (non-hydrogen) atoms. The Bertz CT molecular complexity index is 388. The smallest absolute Gasteiger partial charge is 0.135 e. The molecule has 1 aliphatic rings. The van der Waals surface area contributed by atoms with Gasteiger partial charge in [-0.25, -0.2) is 0 Å². The highest BCUT2D eigenvalue weighted by atomic mass is 16.1. The Morgan fingerprint density at radius 2 is 1.88 bits per heavy atom. The standard InChI is InChI=1S/C14H19NO/c1-11-3-4-12(2)13(9-11)10-15-7-5-14(16)6-8-15/h3-4,9H,5-8,10H2,1-2H3. The fourth-order valence-electron chi connectivity index (χ4n) is 2.17. The van der Waals surface area contributed by atoms with Crippen molar-refractivity contribution in [3.8, 4) is 0 Å². The van der Waals surface area contributed by atoms with Crippen molar-refractivity contribution >= 4 is 5.78 Å². The summed E-state index contributed by atoms with van der Waals surface area (Å²) in [6, 6.07) is 6.59. The largest absolute Gasteiger partial charge is 0.300 e. The minimum Gasteiger partial charge on any atom is -0.300 e. The molecule has 1 aliphatic heterocycles. The predicted molar refractivity (Wildman–Crippen MR) is 65.4 cm³/mol. The van der Waals surface area contributed by atoms with Crippen LogP contribution in [-0.2, 0) is 11.3 Å². The highest BCUT2D eigenvalue weighted by Gasteiger charge is 2.16. The number of benzene rings is 1. The molecule has 0 radical (unpaired) electrons. The van der Waals surface area contributed by atoms with Crippen LogP contribution >= 0.6 is 0 Å². The van der Waals surface area contributed by atoms with Gasteiger partial charge in [0.2, 0.25) is 0 Å². The molecule has 0 spiro atoms. The summed E-state index contributed by atoms with van der Waals surface area (Å²) in [5.74, 6) is 0.414. The number of carbonyl (C=O) groups excluding carboxylic acids is 1. The van der Waals surface area contributed by atoms with E-state index in [-0.39, 0.29) is 0 Å². The normalized spacial score (nSPS) is 17.8. The lowest BCUT2D eigenvalue weighted by molar-refractivity contribution is -0.121. The van der Waals surface area contributed by atoms with Gasteiger partial charge in [-0.2, -0.15) is 0 Å². The number of likely N-dealkylation sites (tertiary alicyclic amines) is 1. The molecular weight excluding hydrogens is 198 g/mol. The molecule has 2 rings (SSSR count). The van der Waals surface area contributed by atoms with E-state index in [0.29, 0.717) is 5.78 Å². The molecule has 0 aliphatic carbocycles. The van der Waals surface area contributed by atoms with Crippen molar-refractivity contribution in [1.29, 1.82) is 0 Å². The van der Waals surface area contributed by atoms with Gasteiger partial charge in [-0.1, -0.05) is 23.8 Å². The van der Waals surface area contributed by atoms with E-state index in [2.05, 4.69) is 36.9 Å². The highest BCUT2D eigenvalue weighted by molar-refractivity contribution is 5.79. The van der Waals surface area contributed by atoms with E-state index in [1.165, 1.54) is 16.7 Å². The van der Waals surface area contributed by atoms with Crippen molar-refractivity contribution in [2.75, 3.05) is 13.1 Å². The third kappa shape index (κ3) is 2.70. The van der Waals surface area contributed by atoms with Crippen molar-refractivity contribution in [2.24, 2.45) is 0 Å². The predicted octanol–water partition coefficient (Wildman–Crippen LogP) is 2.47. The van der Waals surface area contributed by atoms with Crippen LogP contribution in [0.15, 0.2) is 18.2 Å². The van der Waals surface area contributed by atoms with Gasteiger partial charge in [0.25, 0.3) is 0 Å². The van der Waals surface area contributed by atoms with E-state index in [1.807, 2.05) is 0 Å². The van der Waals surface area contributed by atoms with Gasteiger partial charge in [0.05, 0.1) is 0 Å². The SMILES string of the molecule is Cc1ccc(C)c(CN2CCC(=O)CC2)c1. The topological polar surface area (TPSA) is 20.3 Å². The van der Waals surface area contributed by atoms with Crippen LogP contribution in [0.1, 0.15) is 29.5 Å². The lowest BCUT2D eigenvalue weighted by atomic mass is 10.0. The van der Waals surface area contributed by atoms with E-state index >= 15 is 0 Å². The summed E-state index contributed by atoms with van der Waals surface area (Å²) in [6.07, 6.45) is 1.45. The summed E-state index contributed by atoms with van der Waals surface area (Å²) >= 11 is 0. The molecule has 0 N–H and O–H groups in total. The van der Waals surface area contributed by atoms with E-state index < -0.39 is 0 Å². The Morgan fingerprint density at radius 3 is 2.56 bits per heavy atom. The van der Waals surface area contributed by atoms with Crippen LogP contribution in [0.25, 0.3) is 0 Å². The number of hydrogen-bond donors (Lipinski definition) is 0. The highest BCUT2D eigenvalue weighted by Crippen LogP contribution is 2.15. The molecule has 0 atom stereocenters. The second-order valence-electron chi connectivity index (χ2n) is 4.74. The number of Topliss-reactive ketones (excluding diaryl/α,β-unsaturated/α-hetero) is 1. The van der Waals surface area contributed by atoms with Gasteiger partial charge in [0, 0.05) is 32.5 Å². The third-order valence-corrected chi connectivity index (χ3v) is 3.31. The van der Waals surface area contributed by atoms with Crippen molar-refractivity contribution in [1.82, 2.24) is 4.90 Å². The van der Waals surface area contributed by atoms with Gasteiger partial charge >= 0.3 is 0 Å². The lowest BCUT2D eigenvalue weighted by Crippen LogP contribution is -2.33. The molecule has 1 saturated heterocycles. The number of nitrogens with zero attached hydrogens (tertiary/aromatic N) is 1. The summed E-state index contributed by atoms with van der Waals surface area (Å²) in [6.45, 7) is 7.12. The molecule has 0 bridgehead atoms. The molecule has 2 heteroatoms. The lowest BCUT2D eigenvalue weighted by Gasteiger charge is -2.26. The Hall–Kier alpha value is -1.15. The monoisotopic (exact) mass is 217 g/mol. The molecule has 2 nitrogen and oxygen atoms in total. The zero-order chi connectivity index (χ0) is 11.5. The molecule has 1 heterocycles. The minimum absolute atomic E-state index is 0.414. The number of ketones is 1. The summed E-state index contributed by atoms with van der Waals surface area (Å²) in [5.41, 5.74) is 4.06. The van der Waals surface area contributed by atoms with E-state index in [1.54, 1.807) is 0 Å². The summed E-state index contributed by atoms with van der Waals surface area (Å²) in [7, 11) is 0. The summed E-state index contributed by atoms with van der Waals surface area (Å²) < 4.78 is 0. The zero-order valence-corrected chi connectivity index (χ0v) is 10.1. The Kier molecular flexibility index (Phi) is 3.39. The minimum atomic E-state index is 0.414. The zero-order valence-electron chi connectivity index (χ0n) is 10.1. The number of hydrogen-bond acceptors (Lipinski definition) is 2. The third-order valence-electron chi connectivity index (χ3n) is 3.31. The molecule has 0 unspecified atom stereocenters. The van der Waals surface area contributed by atoms with Gasteiger partial charge < -0.3 is 0 Å². The maximum atomic E-state index is 11.2. The van der Waals surface area contributed by atoms with Crippen molar-refractivity contribution in [2.45, 2.75) is 33.2 Å².